The van der Waals surface area contributed by atoms with Crippen molar-refractivity contribution in [3.63, 3.8) is 0 Å². The van der Waals surface area contributed by atoms with Crippen LogP contribution < -0.4 is 4.74 Å². The van der Waals surface area contributed by atoms with Crippen molar-refractivity contribution in [3.8, 4) is 5.75 Å². The van der Waals surface area contributed by atoms with E-state index in [2.05, 4.69) is 17.4 Å². The maximum Gasteiger partial charge on any atom is 0.387 e. The lowest BCUT2D eigenvalue weighted by Gasteiger charge is -2.09. The summed E-state index contributed by atoms with van der Waals surface area (Å²) in [5.41, 5.74) is -0.240. The van der Waals surface area contributed by atoms with Gasteiger partial charge in [-0.15, -0.1) is 12.6 Å². The van der Waals surface area contributed by atoms with Crippen LogP contribution in [0.15, 0.2) is 17.0 Å². The first-order valence-corrected chi connectivity index (χ1v) is 4.25. The molecule has 0 atom stereocenters. The van der Waals surface area contributed by atoms with E-state index < -0.39 is 6.61 Å². The molecule has 0 heterocycles. The summed E-state index contributed by atoms with van der Waals surface area (Å²) in [6.45, 7) is -3.06. The van der Waals surface area contributed by atoms with E-state index in [1.165, 1.54) is 6.07 Å². The van der Waals surface area contributed by atoms with Crippen molar-refractivity contribution in [3.05, 3.63) is 23.3 Å². The van der Waals surface area contributed by atoms with Crippen molar-refractivity contribution in [1.29, 1.82) is 0 Å². The van der Waals surface area contributed by atoms with E-state index in [0.29, 0.717) is 6.29 Å². The van der Waals surface area contributed by atoms with Gasteiger partial charge >= 0.3 is 6.61 Å². The third kappa shape index (κ3) is 2.76. The maximum absolute atomic E-state index is 12.0. The number of rotatable bonds is 4. The van der Waals surface area contributed by atoms with E-state index in [4.69, 9.17) is 0 Å². The van der Waals surface area contributed by atoms with Crippen LogP contribution in [-0.4, -0.2) is 19.2 Å². The van der Waals surface area contributed by atoms with Gasteiger partial charge in [0.1, 0.15) is 5.75 Å². The molecule has 3 nitrogen and oxygen atoms in total. The van der Waals surface area contributed by atoms with Crippen LogP contribution in [-0.2, 0) is 0 Å². The number of thiol groups is 1. The molecule has 0 aliphatic rings. The second kappa shape index (κ2) is 4.88. The Kier molecular flexibility index (Phi) is 3.79. The molecular weight excluding hydrogens is 226 g/mol. The summed E-state index contributed by atoms with van der Waals surface area (Å²) in [6, 6.07) is 2.43. The molecule has 0 radical (unpaired) electrons. The molecule has 0 N–H and O–H groups in total. The molecule has 6 heteroatoms. The Balaban J connectivity index is 3.28. The van der Waals surface area contributed by atoms with Gasteiger partial charge in [0.15, 0.2) is 12.6 Å². The molecule has 0 amide bonds. The molecule has 80 valence electrons. The summed E-state index contributed by atoms with van der Waals surface area (Å²) in [4.78, 5) is 21.4. The number of carbonyl (C=O) groups excluding carboxylic acids is 2. The van der Waals surface area contributed by atoms with Gasteiger partial charge in [0.2, 0.25) is 0 Å². The lowest BCUT2D eigenvalue weighted by molar-refractivity contribution is -0.0502. The summed E-state index contributed by atoms with van der Waals surface area (Å²) < 4.78 is 28.0. The van der Waals surface area contributed by atoms with Gasteiger partial charge < -0.3 is 4.74 Å². The van der Waals surface area contributed by atoms with Crippen molar-refractivity contribution < 1.29 is 23.1 Å². The van der Waals surface area contributed by atoms with Gasteiger partial charge in [-0.2, -0.15) is 8.78 Å². The minimum absolute atomic E-state index is 0.0341. The van der Waals surface area contributed by atoms with E-state index >= 15 is 0 Å². The zero-order valence-corrected chi connectivity index (χ0v) is 8.21. The Bertz CT molecular complexity index is 393. The van der Waals surface area contributed by atoms with Crippen LogP contribution in [0.25, 0.3) is 0 Å². The van der Waals surface area contributed by atoms with Crippen LogP contribution in [0.4, 0.5) is 8.78 Å². The van der Waals surface area contributed by atoms with E-state index in [1.807, 2.05) is 0 Å². The number of alkyl halides is 2. The summed E-state index contributed by atoms with van der Waals surface area (Å²) in [7, 11) is 0. The molecule has 1 aromatic rings. The molecule has 0 fully saturated rings. The molecular formula is C9H6F2O3S. The average Bonchev–Trinajstić information content (AvgIpc) is 2.15. The van der Waals surface area contributed by atoms with Crippen molar-refractivity contribution in [2.45, 2.75) is 11.5 Å². The Morgan fingerprint density at radius 1 is 1.27 bits per heavy atom. The lowest BCUT2D eigenvalue weighted by Crippen LogP contribution is -2.06. The standard InChI is InChI=1S/C9H6F2O3S/c10-9(11)14-8-2-6(15)1-5(3-12)7(8)4-13/h1-4,9,15H. The van der Waals surface area contributed by atoms with Crippen molar-refractivity contribution in [1.82, 2.24) is 0 Å². The normalized spacial score (nSPS) is 10.1. The molecule has 0 unspecified atom stereocenters. The first kappa shape index (κ1) is 11.6. The summed E-state index contributed by atoms with van der Waals surface area (Å²) in [5, 5.41) is 0. The zero-order chi connectivity index (χ0) is 11.4. The first-order valence-electron chi connectivity index (χ1n) is 3.80. The number of halogens is 2. The molecule has 0 spiro atoms. The van der Waals surface area contributed by atoms with Crippen LogP contribution in [0.1, 0.15) is 20.7 Å². The highest BCUT2D eigenvalue weighted by Gasteiger charge is 2.13. The Labute approximate surface area is 89.4 Å². The second-order valence-corrected chi connectivity index (χ2v) is 3.08. The summed E-state index contributed by atoms with van der Waals surface area (Å²) in [6.07, 6.45) is 0.663. The fourth-order valence-electron chi connectivity index (χ4n) is 1.05. The highest BCUT2D eigenvalue weighted by atomic mass is 32.1. The Morgan fingerprint density at radius 2 is 1.93 bits per heavy atom. The van der Waals surface area contributed by atoms with E-state index in [0.717, 1.165) is 6.07 Å². The van der Waals surface area contributed by atoms with Crippen LogP contribution in [0, 0.1) is 0 Å². The average molecular weight is 232 g/mol. The van der Waals surface area contributed by atoms with Gasteiger partial charge in [0.05, 0.1) is 5.56 Å². The van der Waals surface area contributed by atoms with Crippen LogP contribution in [0.5, 0.6) is 5.75 Å². The number of carbonyl (C=O) groups is 2. The summed E-state index contributed by atoms with van der Waals surface area (Å²) >= 11 is 3.89. The third-order valence-electron chi connectivity index (χ3n) is 1.62. The number of hydrogen-bond donors (Lipinski definition) is 1. The maximum atomic E-state index is 12.0. The predicted molar refractivity (Wildman–Crippen MR) is 51.1 cm³/mol. The summed E-state index contributed by atoms with van der Waals surface area (Å²) in [5.74, 6) is -0.352. The van der Waals surface area contributed by atoms with Crippen molar-refractivity contribution in [2.75, 3.05) is 0 Å². The molecule has 0 aliphatic heterocycles. The van der Waals surface area contributed by atoms with Gasteiger partial charge in [-0.05, 0) is 12.1 Å². The van der Waals surface area contributed by atoms with Crippen LogP contribution in [0.2, 0.25) is 0 Å². The lowest BCUT2D eigenvalue weighted by atomic mass is 10.1. The van der Waals surface area contributed by atoms with Crippen LogP contribution in [0.3, 0.4) is 0 Å². The number of benzene rings is 1. The first-order chi connectivity index (χ1) is 7.08. The van der Waals surface area contributed by atoms with Gasteiger partial charge in [-0.1, -0.05) is 0 Å². The minimum Gasteiger partial charge on any atom is -0.434 e. The van der Waals surface area contributed by atoms with Gasteiger partial charge in [0.25, 0.3) is 0 Å². The number of ether oxygens (including phenoxy) is 1. The molecule has 1 aromatic carbocycles. The number of hydrogen-bond acceptors (Lipinski definition) is 4. The van der Waals surface area contributed by atoms with E-state index in [9.17, 15) is 18.4 Å². The number of aldehydes is 2. The minimum atomic E-state index is -3.06. The molecule has 0 aliphatic carbocycles. The van der Waals surface area contributed by atoms with E-state index in [1.54, 1.807) is 0 Å². The molecule has 1 rings (SSSR count). The highest BCUT2D eigenvalue weighted by Crippen LogP contribution is 2.25. The monoisotopic (exact) mass is 232 g/mol. The Morgan fingerprint density at radius 3 is 2.40 bits per heavy atom. The molecule has 0 saturated carbocycles. The van der Waals surface area contributed by atoms with Gasteiger partial charge in [0, 0.05) is 10.5 Å². The SMILES string of the molecule is O=Cc1cc(S)cc(OC(F)F)c1C=O. The molecule has 0 bridgehead atoms. The topological polar surface area (TPSA) is 43.4 Å². The smallest absolute Gasteiger partial charge is 0.387 e. The van der Waals surface area contributed by atoms with E-state index in [-0.39, 0.29) is 28.1 Å². The second-order valence-electron chi connectivity index (χ2n) is 2.56. The Hall–Kier alpha value is -1.43. The predicted octanol–water partition coefficient (Wildman–Crippen LogP) is 2.20. The van der Waals surface area contributed by atoms with Gasteiger partial charge in [-0.25, -0.2) is 0 Å². The zero-order valence-electron chi connectivity index (χ0n) is 7.31. The van der Waals surface area contributed by atoms with Gasteiger partial charge in [-0.3, -0.25) is 9.59 Å². The van der Waals surface area contributed by atoms with Crippen molar-refractivity contribution in [2.24, 2.45) is 0 Å². The quantitative estimate of drug-likeness (QED) is 0.639. The highest BCUT2D eigenvalue weighted by molar-refractivity contribution is 7.80. The molecule has 0 aromatic heterocycles. The molecule has 0 saturated heterocycles. The molecule has 15 heavy (non-hydrogen) atoms. The fourth-order valence-corrected chi connectivity index (χ4v) is 1.31. The third-order valence-corrected chi connectivity index (χ3v) is 1.88. The largest absolute Gasteiger partial charge is 0.434 e. The van der Waals surface area contributed by atoms with Crippen molar-refractivity contribution >= 4 is 25.2 Å². The van der Waals surface area contributed by atoms with Crippen LogP contribution >= 0.6 is 12.6 Å². The fraction of sp³-hybridized carbons (Fsp3) is 0.111.